The van der Waals surface area contributed by atoms with E-state index in [0.717, 1.165) is 9.99 Å². The van der Waals surface area contributed by atoms with E-state index in [1.54, 1.807) is 0 Å². The average Bonchev–Trinajstić information content (AvgIpc) is 2.42. The first-order valence-electron chi connectivity index (χ1n) is 7.09. The van der Waals surface area contributed by atoms with E-state index in [4.69, 9.17) is 21.1 Å². The molecule has 0 saturated carbocycles. The Labute approximate surface area is 151 Å². The van der Waals surface area contributed by atoms with Crippen LogP contribution in [0.3, 0.4) is 0 Å². The molecular weight excluding hydrogens is 417 g/mol. The molecule has 0 spiro atoms. The second-order valence-corrected chi connectivity index (χ2v) is 7.35. The molecule has 6 heteroatoms. The number of rotatable bonds is 6. The number of ether oxygens (including phenoxy) is 2. The van der Waals surface area contributed by atoms with Crippen LogP contribution >= 0.6 is 34.2 Å². The average molecular weight is 440 g/mol. The van der Waals surface area contributed by atoms with Crippen LogP contribution in [0, 0.1) is 0 Å². The van der Waals surface area contributed by atoms with Crippen molar-refractivity contribution in [2.45, 2.75) is 38.9 Å². The molecule has 0 aliphatic carbocycles. The van der Waals surface area contributed by atoms with Gasteiger partial charge in [-0.1, -0.05) is 46.3 Å². The van der Waals surface area contributed by atoms with Crippen LogP contribution in [0.15, 0.2) is 24.3 Å². The number of carbonyl (C=O) groups excluding carboxylic acids is 1. The summed E-state index contributed by atoms with van der Waals surface area (Å²) in [4.78, 5) is 11.6. The molecule has 0 saturated heterocycles. The third kappa shape index (κ3) is 6.71. The fraction of sp³-hybridized carbons (Fsp3) is 0.562. The predicted molar refractivity (Wildman–Crippen MR) is 97.9 cm³/mol. The number of benzene rings is 1. The molecule has 0 bridgehead atoms. The third-order valence-electron chi connectivity index (χ3n) is 2.90. The lowest BCUT2D eigenvalue weighted by molar-refractivity contribution is -0.0149. The third-order valence-corrected chi connectivity index (χ3v) is 4.61. The van der Waals surface area contributed by atoms with E-state index in [2.05, 4.69) is 27.9 Å². The molecule has 0 aliphatic rings. The maximum atomic E-state index is 11.6. The number of alkyl carbamates (subject to hydrolysis) is 1. The van der Waals surface area contributed by atoms with Gasteiger partial charge in [-0.15, -0.1) is 0 Å². The van der Waals surface area contributed by atoms with E-state index in [-0.39, 0.29) is 0 Å². The first-order valence-corrected chi connectivity index (χ1v) is 8.99. The SMILES string of the molecule is CC(C)(C)OC(=O)NCCO[C@@](C)(CI)c1ccc(Cl)cc1. The van der Waals surface area contributed by atoms with Gasteiger partial charge < -0.3 is 14.8 Å². The van der Waals surface area contributed by atoms with Gasteiger partial charge in [0, 0.05) is 16.0 Å². The molecule has 0 aliphatic heterocycles. The van der Waals surface area contributed by atoms with E-state index in [0.29, 0.717) is 18.2 Å². The lowest BCUT2D eigenvalue weighted by Crippen LogP contribution is -2.36. The van der Waals surface area contributed by atoms with Gasteiger partial charge in [-0.25, -0.2) is 4.79 Å². The summed E-state index contributed by atoms with van der Waals surface area (Å²) in [7, 11) is 0. The number of amides is 1. The quantitative estimate of drug-likeness (QED) is 0.402. The highest BCUT2D eigenvalue weighted by atomic mass is 127. The Morgan fingerprint density at radius 1 is 1.23 bits per heavy atom. The molecule has 22 heavy (non-hydrogen) atoms. The van der Waals surface area contributed by atoms with Crippen molar-refractivity contribution in [2.24, 2.45) is 0 Å². The Morgan fingerprint density at radius 3 is 2.32 bits per heavy atom. The van der Waals surface area contributed by atoms with Crippen LogP contribution in [-0.2, 0) is 15.1 Å². The van der Waals surface area contributed by atoms with Gasteiger partial charge >= 0.3 is 6.09 Å². The minimum Gasteiger partial charge on any atom is -0.444 e. The summed E-state index contributed by atoms with van der Waals surface area (Å²) >= 11 is 8.21. The Kier molecular flexibility index (Phi) is 7.41. The van der Waals surface area contributed by atoms with Crippen molar-refractivity contribution in [1.29, 1.82) is 0 Å². The molecule has 4 nitrogen and oxygen atoms in total. The summed E-state index contributed by atoms with van der Waals surface area (Å²) in [5, 5.41) is 3.39. The number of alkyl halides is 1. The highest BCUT2D eigenvalue weighted by Crippen LogP contribution is 2.28. The molecule has 1 atom stereocenters. The minimum absolute atomic E-state index is 0.398. The van der Waals surface area contributed by atoms with Crippen molar-refractivity contribution in [3.8, 4) is 0 Å². The second kappa shape index (κ2) is 8.36. The van der Waals surface area contributed by atoms with E-state index < -0.39 is 17.3 Å². The van der Waals surface area contributed by atoms with E-state index >= 15 is 0 Å². The lowest BCUT2D eigenvalue weighted by atomic mass is 9.98. The monoisotopic (exact) mass is 439 g/mol. The second-order valence-electron chi connectivity index (χ2n) is 6.15. The summed E-state index contributed by atoms with van der Waals surface area (Å²) in [5.74, 6) is 0. The summed E-state index contributed by atoms with van der Waals surface area (Å²) in [6.07, 6.45) is -0.432. The molecule has 0 fully saturated rings. The molecule has 0 aromatic heterocycles. The summed E-state index contributed by atoms with van der Waals surface area (Å²) in [6, 6.07) is 7.62. The number of hydrogen-bond donors (Lipinski definition) is 1. The molecule has 124 valence electrons. The molecule has 1 rings (SSSR count). The largest absolute Gasteiger partial charge is 0.444 e. The normalized spacial score (nSPS) is 14.3. The van der Waals surface area contributed by atoms with Gasteiger partial charge in [-0.3, -0.25) is 0 Å². The van der Waals surface area contributed by atoms with E-state index in [1.165, 1.54) is 0 Å². The number of carbonyl (C=O) groups is 1. The molecule has 1 amide bonds. The standard InChI is InChI=1S/C16H23ClINO3/c1-15(2,3)22-14(20)19-9-10-21-16(4,11-18)12-5-7-13(17)8-6-12/h5-8H,9-11H2,1-4H3,(H,19,20)/t16-/m0/s1. The Hall–Kier alpha value is -0.530. The zero-order valence-corrected chi connectivity index (χ0v) is 16.3. The van der Waals surface area contributed by atoms with Gasteiger partial charge in [0.1, 0.15) is 5.60 Å². The van der Waals surface area contributed by atoms with Crippen LogP contribution in [0.1, 0.15) is 33.3 Å². The zero-order chi connectivity index (χ0) is 16.8. The fourth-order valence-corrected chi connectivity index (χ4v) is 2.53. The molecule has 0 radical (unpaired) electrons. The van der Waals surface area contributed by atoms with Crippen molar-refractivity contribution >= 4 is 40.3 Å². The molecule has 1 N–H and O–H groups in total. The molecule has 1 aromatic carbocycles. The molecule has 0 heterocycles. The maximum absolute atomic E-state index is 11.6. The van der Waals surface area contributed by atoms with Gasteiger partial charge in [-0.05, 0) is 45.4 Å². The van der Waals surface area contributed by atoms with Crippen LogP contribution in [0.4, 0.5) is 4.79 Å². The van der Waals surface area contributed by atoms with Crippen LogP contribution in [0.5, 0.6) is 0 Å². The summed E-state index contributed by atoms with van der Waals surface area (Å²) < 4.78 is 11.9. The summed E-state index contributed by atoms with van der Waals surface area (Å²) in [5.41, 5.74) is 0.148. The fourth-order valence-electron chi connectivity index (χ4n) is 1.75. The first kappa shape index (κ1) is 19.5. The van der Waals surface area contributed by atoms with Crippen molar-refractivity contribution in [2.75, 3.05) is 17.6 Å². The first-order chi connectivity index (χ1) is 10.2. The van der Waals surface area contributed by atoms with Gasteiger partial charge in [0.05, 0.1) is 12.2 Å². The van der Waals surface area contributed by atoms with Crippen LogP contribution in [0.2, 0.25) is 5.02 Å². The maximum Gasteiger partial charge on any atom is 0.407 e. The highest BCUT2D eigenvalue weighted by Gasteiger charge is 2.26. The van der Waals surface area contributed by atoms with Crippen molar-refractivity contribution in [3.05, 3.63) is 34.9 Å². The smallest absolute Gasteiger partial charge is 0.407 e. The van der Waals surface area contributed by atoms with E-state index in [9.17, 15) is 4.79 Å². The van der Waals surface area contributed by atoms with Gasteiger partial charge in [-0.2, -0.15) is 0 Å². The molecule has 1 aromatic rings. The van der Waals surface area contributed by atoms with Gasteiger partial charge in [0.25, 0.3) is 0 Å². The zero-order valence-electron chi connectivity index (χ0n) is 13.4. The van der Waals surface area contributed by atoms with Crippen LogP contribution in [-0.4, -0.2) is 29.3 Å². The van der Waals surface area contributed by atoms with Crippen molar-refractivity contribution in [3.63, 3.8) is 0 Å². The lowest BCUT2D eigenvalue weighted by Gasteiger charge is -2.29. The Morgan fingerprint density at radius 2 is 1.82 bits per heavy atom. The van der Waals surface area contributed by atoms with Crippen LogP contribution < -0.4 is 5.32 Å². The van der Waals surface area contributed by atoms with Gasteiger partial charge in [0.2, 0.25) is 0 Å². The number of halogens is 2. The minimum atomic E-state index is -0.495. The van der Waals surface area contributed by atoms with Gasteiger partial charge in [0.15, 0.2) is 0 Å². The highest BCUT2D eigenvalue weighted by molar-refractivity contribution is 14.1. The topological polar surface area (TPSA) is 47.6 Å². The predicted octanol–water partition coefficient (Wildman–Crippen LogP) is 4.53. The van der Waals surface area contributed by atoms with E-state index in [1.807, 2.05) is 52.0 Å². The Balaban J connectivity index is 2.47. The van der Waals surface area contributed by atoms with Crippen molar-refractivity contribution < 1.29 is 14.3 Å². The van der Waals surface area contributed by atoms with Crippen LogP contribution in [0.25, 0.3) is 0 Å². The number of nitrogens with one attached hydrogen (secondary N) is 1. The Bertz CT molecular complexity index is 487. The van der Waals surface area contributed by atoms with Crippen molar-refractivity contribution in [1.82, 2.24) is 5.32 Å². The molecule has 0 unspecified atom stereocenters. The number of hydrogen-bond acceptors (Lipinski definition) is 3. The summed E-state index contributed by atoms with van der Waals surface area (Å²) in [6.45, 7) is 8.32. The molecular formula is C16H23ClINO3.